The van der Waals surface area contributed by atoms with E-state index in [1.807, 2.05) is 54.6 Å². The van der Waals surface area contributed by atoms with E-state index in [0.717, 1.165) is 26.9 Å². The lowest BCUT2D eigenvalue weighted by Gasteiger charge is -2.14. The van der Waals surface area contributed by atoms with Crippen molar-refractivity contribution in [1.82, 2.24) is 0 Å². The second kappa shape index (κ2) is 4.65. The molecule has 0 aromatic heterocycles. The molecule has 4 rings (SSSR count). The van der Waals surface area contributed by atoms with Crippen LogP contribution in [0.25, 0.3) is 32.3 Å². The van der Waals surface area contributed by atoms with Gasteiger partial charge >= 0.3 is 7.60 Å². The van der Waals surface area contributed by atoms with Crippen LogP contribution < -0.4 is 5.30 Å². The quantitative estimate of drug-likeness (QED) is 0.413. The number of fused-ring (bicyclic) bond motifs is 6. The Morgan fingerprint density at radius 3 is 1.50 bits per heavy atom. The van der Waals surface area contributed by atoms with E-state index < -0.39 is 7.60 Å². The van der Waals surface area contributed by atoms with Crippen LogP contribution in [0.15, 0.2) is 66.7 Å². The third kappa shape index (κ3) is 1.87. The van der Waals surface area contributed by atoms with Gasteiger partial charge in [0.25, 0.3) is 0 Å². The van der Waals surface area contributed by atoms with Gasteiger partial charge < -0.3 is 9.79 Å². The number of benzene rings is 4. The molecule has 4 heteroatoms. The zero-order valence-electron chi connectivity index (χ0n) is 11.6. The summed E-state index contributed by atoms with van der Waals surface area (Å²) in [6.45, 7) is 0. The molecule has 4 aromatic carbocycles. The number of hydrogen-bond donors (Lipinski definition) is 2. The van der Waals surface area contributed by atoms with Gasteiger partial charge in [0.05, 0.1) is 5.30 Å². The highest BCUT2D eigenvalue weighted by molar-refractivity contribution is 7.60. The van der Waals surface area contributed by atoms with Gasteiger partial charge in [-0.05, 0) is 33.0 Å². The Kier molecular flexibility index (Phi) is 2.85. The Morgan fingerprint density at radius 2 is 1.00 bits per heavy atom. The minimum Gasteiger partial charge on any atom is -0.321 e. The average Bonchev–Trinajstić information content (AvgIpc) is 2.54. The van der Waals surface area contributed by atoms with E-state index >= 15 is 0 Å². The third-order valence-corrected chi connectivity index (χ3v) is 5.06. The molecule has 108 valence electrons. The Balaban J connectivity index is 2.42. The highest BCUT2D eigenvalue weighted by Crippen LogP contribution is 2.41. The smallest absolute Gasteiger partial charge is 0.321 e. The highest BCUT2D eigenvalue weighted by atomic mass is 31.2. The molecule has 0 saturated heterocycles. The first-order valence-corrected chi connectivity index (χ1v) is 8.57. The van der Waals surface area contributed by atoms with Crippen molar-refractivity contribution in [2.45, 2.75) is 0 Å². The van der Waals surface area contributed by atoms with Crippen molar-refractivity contribution in [1.29, 1.82) is 0 Å². The largest absolute Gasteiger partial charge is 0.356 e. The Bertz CT molecular complexity index is 1030. The molecule has 0 spiro atoms. The molecule has 3 nitrogen and oxygen atoms in total. The first kappa shape index (κ1) is 13.5. The summed E-state index contributed by atoms with van der Waals surface area (Å²) in [6.07, 6.45) is 0. The summed E-state index contributed by atoms with van der Waals surface area (Å²) in [5.74, 6) is 0. The van der Waals surface area contributed by atoms with Crippen molar-refractivity contribution in [3.8, 4) is 0 Å². The van der Waals surface area contributed by atoms with E-state index in [0.29, 0.717) is 5.39 Å². The first-order valence-electron chi connectivity index (χ1n) is 6.95. The van der Waals surface area contributed by atoms with Crippen molar-refractivity contribution >= 4 is 45.2 Å². The van der Waals surface area contributed by atoms with E-state index in [2.05, 4.69) is 0 Å². The van der Waals surface area contributed by atoms with Gasteiger partial charge in [-0.1, -0.05) is 60.7 Å². The Hall–Kier alpha value is -2.19. The van der Waals surface area contributed by atoms with E-state index in [1.165, 1.54) is 6.07 Å². The SMILES string of the molecule is O=P(O)(O)c1cccc2c3ccccc3c3ccccc3c12. The monoisotopic (exact) mass is 308 g/mol. The van der Waals surface area contributed by atoms with Crippen molar-refractivity contribution in [2.24, 2.45) is 0 Å². The zero-order chi connectivity index (χ0) is 15.3. The van der Waals surface area contributed by atoms with Crippen molar-refractivity contribution < 1.29 is 14.4 Å². The van der Waals surface area contributed by atoms with Crippen LogP contribution in [0.1, 0.15) is 0 Å². The van der Waals surface area contributed by atoms with Gasteiger partial charge in [0.15, 0.2) is 0 Å². The van der Waals surface area contributed by atoms with Crippen LogP contribution in [-0.2, 0) is 4.57 Å². The maximum Gasteiger partial charge on any atom is 0.356 e. The summed E-state index contributed by atoms with van der Waals surface area (Å²) in [6, 6.07) is 20.9. The molecule has 0 atom stereocenters. The molecule has 0 radical (unpaired) electrons. The molecule has 4 aromatic rings. The normalized spacial score (nSPS) is 12.3. The lowest BCUT2D eigenvalue weighted by molar-refractivity contribution is 0.388. The van der Waals surface area contributed by atoms with Crippen molar-refractivity contribution in [3.05, 3.63) is 66.7 Å². The summed E-state index contributed by atoms with van der Waals surface area (Å²) in [5, 5.41) is 5.58. The fourth-order valence-electron chi connectivity index (χ4n) is 3.18. The zero-order valence-corrected chi connectivity index (χ0v) is 12.5. The summed E-state index contributed by atoms with van der Waals surface area (Å²) in [5.41, 5.74) is 0. The van der Waals surface area contributed by atoms with Gasteiger partial charge in [0.2, 0.25) is 0 Å². The fraction of sp³-hybridized carbons (Fsp3) is 0. The van der Waals surface area contributed by atoms with E-state index in [9.17, 15) is 14.4 Å². The standard InChI is InChI=1S/C18H13O3P/c19-22(20,21)17-11-5-10-16-14-7-2-1-6-12(14)13-8-3-4-9-15(13)18(16)17/h1-11H,(H2,19,20,21). The Labute approximate surface area is 127 Å². The minimum atomic E-state index is -4.35. The van der Waals surface area contributed by atoms with E-state index in [1.54, 1.807) is 6.07 Å². The molecule has 22 heavy (non-hydrogen) atoms. The molecule has 0 fully saturated rings. The molecule has 0 aliphatic carbocycles. The van der Waals surface area contributed by atoms with Gasteiger partial charge in [-0.25, -0.2) is 0 Å². The van der Waals surface area contributed by atoms with Crippen LogP contribution in [0.5, 0.6) is 0 Å². The predicted molar refractivity (Wildman–Crippen MR) is 90.6 cm³/mol. The molecule has 2 N–H and O–H groups in total. The van der Waals surface area contributed by atoms with Crippen LogP contribution >= 0.6 is 7.60 Å². The van der Waals surface area contributed by atoms with Gasteiger partial charge in [0, 0.05) is 5.39 Å². The first-order chi connectivity index (χ1) is 10.6. The van der Waals surface area contributed by atoms with Crippen LogP contribution in [0.2, 0.25) is 0 Å². The van der Waals surface area contributed by atoms with Crippen LogP contribution in [0.4, 0.5) is 0 Å². The fourth-order valence-corrected chi connectivity index (χ4v) is 3.99. The van der Waals surface area contributed by atoms with Gasteiger partial charge in [-0.3, -0.25) is 4.57 Å². The molecule has 0 aliphatic heterocycles. The highest BCUT2D eigenvalue weighted by Gasteiger charge is 2.22. The van der Waals surface area contributed by atoms with Gasteiger partial charge in [0.1, 0.15) is 0 Å². The topological polar surface area (TPSA) is 57.5 Å². The third-order valence-electron chi connectivity index (χ3n) is 4.06. The molecule has 0 saturated carbocycles. The average molecular weight is 308 g/mol. The number of hydrogen-bond acceptors (Lipinski definition) is 1. The molecule has 0 aliphatic rings. The molecule has 0 unspecified atom stereocenters. The molecule has 0 amide bonds. The summed E-state index contributed by atoms with van der Waals surface area (Å²) < 4.78 is 11.9. The molecule has 0 bridgehead atoms. The molecular formula is C18H13O3P. The Morgan fingerprint density at radius 1 is 0.591 bits per heavy atom. The van der Waals surface area contributed by atoms with Gasteiger partial charge in [-0.15, -0.1) is 0 Å². The number of rotatable bonds is 1. The van der Waals surface area contributed by atoms with E-state index in [-0.39, 0.29) is 5.30 Å². The summed E-state index contributed by atoms with van der Waals surface area (Å²) in [4.78, 5) is 19.5. The lowest BCUT2D eigenvalue weighted by atomic mass is 9.94. The maximum atomic E-state index is 11.9. The molecule has 0 heterocycles. The van der Waals surface area contributed by atoms with Crippen molar-refractivity contribution in [3.63, 3.8) is 0 Å². The summed E-state index contributed by atoms with van der Waals surface area (Å²) >= 11 is 0. The van der Waals surface area contributed by atoms with Gasteiger partial charge in [-0.2, -0.15) is 0 Å². The van der Waals surface area contributed by atoms with Crippen LogP contribution in [-0.4, -0.2) is 9.79 Å². The van der Waals surface area contributed by atoms with Crippen LogP contribution in [0, 0.1) is 0 Å². The minimum absolute atomic E-state index is 0.0898. The van der Waals surface area contributed by atoms with E-state index in [4.69, 9.17) is 0 Å². The predicted octanol–water partition coefficient (Wildman–Crippen LogP) is 3.95. The maximum absolute atomic E-state index is 11.9. The lowest BCUT2D eigenvalue weighted by Crippen LogP contribution is -2.05. The summed E-state index contributed by atoms with van der Waals surface area (Å²) in [7, 11) is -4.35. The second-order valence-electron chi connectivity index (χ2n) is 5.33. The van der Waals surface area contributed by atoms with Crippen LogP contribution in [0.3, 0.4) is 0 Å². The molecular weight excluding hydrogens is 295 g/mol. The second-order valence-corrected chi connectivity index (χ2v) is 6.90. The van der Waals surface area contributed by atoms with Crippen molar-refractivity contribution in [2.75, 3.05) is 0 Å².